The second-order valence-corrected chi connectivity index (χ2v) is 5.11. The number of nitro benzene ring substituents is 1. The van der Waals surface area contributed by atoms with E-state index in [9.17, 15) is 14.5 Å². The Morgan fingerprint density at radius 2 is 1.89 bits per heavy atom. The molecule has 2 rings (SSSR count). The zero-order valence-corrected chi connectivity index (χ0v) is 10.9. The largest absolute Gasteiger partial charge is 0.508 e. The van der Waals surface area contributed by atoms with E-state index in [1.165, 1.54) is 12.1 Å². The highest BCUT2D eigenvalue weighted by atomic mass is 35.5. The molecule has 2 aromatic rings. The molecule has 0 spiro atoms. The number of phenols is 1. The Bertz CT molecular complexity index is 634. The van der Waals surface area contributed by atoms with Gasteiger partial charge in [0.05, 0.1) is 14.8 Å². The molecular weight excluding hydrogens is 293 g/mol. The molecule has 0 aliphatic carbocycles. The van der Waals surface area contributed by atoms with Crippen molar-refractivity contribution in [1.82, 2.24) is 0 Å². The molecule has 0 saturated carbocycles. The number of aromatic hydroxyl groups is 1. The average Bonchev–Trinajstić information content (AvgIpc) is 2.36. The number of hydrogen-bond acceptors (Lipinski definition) is 4. The third-order valence-electron chi connectivity index (χ3n) is 2.26. The molecule has 4 nitrogen and oxygen atoms in total. The van der Waals surface area contributed by atoms with Crippen molar-refractivity contribution in [2.24, 2.45) is 0 Å². The van der Waals surface area contributed by atoms with Crippen molar-refractivity contribution in [1.29, 1.82) is 0 Å². The van der Waals surface area contributed by atoms with Crippen LogP contribution in [0.2, 0.25) is 5.02 Å². The summed E-state index contributed by atoms with van der Waals surface area (Å²) in [5.41, 5.74) is -0.260. The van der Waals surface area contributed by atoms with E-state index in [0.29, 0.717) is 4.90 Å². The molecule has 0 saturated heterocycles. The number of benzene rings is 2. The Labute approximate surface area is 117 Å². The molecule has 0 aliphatic rings. The Hall–Kier alpha value is -1.79. The number of nitro groups is 1. The minimum absolute atomic E-state index is 0.0844. The van der Waals surface area contributed by atoms with Crippen molar-refractivity contribution in [3.05, 3.63) is 57.4 Å². The van der Waals surface area contributed by atoms with Gasteiger partial charge < -0.3 is 5.11 Å². The van der Waals surface area contributed by atoms with Crippen LogP contribution in [-0.4, -0.2) is 10.0 Å². The molecule has 7 heteroatoms. The van der Waals surface area contributed by atoms with Crippen LogP contribution in [0.5, 0.6) is 5.75 Å². The first kappa shape index (κ1) is 13.6. The lowest BCUT2D eigenvalue weighted by molar-refractivity contribution is -0.387. The van der Waals surface area contributed by atoms with Gasteiger partial charge in [-0.05, 0) is 30.3 Å². The van der Waals surface area contributed by atoms with Crippen molar-refractivity contribution in [2.75, 3.05) is 0 Å². The van der Waals surface area contributed by atoms with E-state index in [0.717, 1.165) is 23.9 Å². The highest BCUT2D eigenvalue weighted by Crippen LogP contribution is 2.37. The summed E-state index contributed by atoms with van der Waals surface area (Å²) in [5.74, 6) is -0.630. The van der Waals surface area contributed by atoms with Crippen LogP contribution in [0.15, 0.2) is 46.2 Å². The van der Waals surface area contributed by atoms with Crippen molar-refractivity contribution >= 4 is 29.1 Å². The molecule has 0 bridgehead atoms. The second-order valence-electron chi connectivity index (χ2n) is 3.59. The van der Waals surface area contributed by atoms with Gasteiger partial charge in [0.15, 0.2) is 0 Å². The molecule has 1 N–H and O–H groups in total. The maximum absolute atomic E-state index is 13.4. The number of rotatable bonds is 3. The van der Waals surface area contributed by atoms with E-state index >= 15 is 0 Å². The number of phenolic OH excluding ortho intramolecular Hbond substituents is 1. The van der Waals surface area contributed by atoms with Gasteiger partial charge in [0.1, 0.15) is 11.6 Å². The first-order valence-corrected chi connectivity index (χ1v) is 6.27. The Morgan fingerprint density at radius 3 is 2.47 bits per heavy atom. The zero-order valence-electron chi connectivity index (χ0n) is 9.34. The zero-order chi connectivity index (χ0) is 14.0. The predicted molar refractivity (Wildman–Crippen MR) is 70.3 cm³/mol. The van der Waals surface area contributed by atoms with Gasteiger partial charge in [-0.1, -0.05) is 23.4 Å². The fourth-order valence-electron chi connectivity index (χ4n) is 1.38. The van der Waals surface area contributed by atoms with Crippen LogP contribution in [-0.2, 0) is 0 Å². The highest BCUT2D eigenvalue weighted by Gasteiger charge is 2.18. The lowest BCUT2D eigenvalue weighted by atomic mass is 10.3. The van der Waals surface area contributed by atoms with Crippen LogP contribution in [0.25, 0.3) is 0 Å². The highest BCUT2D eigenvalue weighted by molar-refractivity contribution is 7.99. The van der Waals surface area contributed by atoms with Crippen LogP contribution >= 0.6 is 23.4 Å². The van der Waals surface area contributed by atoms with Gasteiger partial charge in [0.2, 0.25) is 0 Å². The molecule has 0 amide bonds. The lowest BCUT2D eigenvalue weighted by Crippen LogP contribution is -1.92. The molecule has 0 aliphatic heterocycles. The van der Waals surface area contributed by atoms with E-state index in [4.69, 9.17) is 16.7 Å². The summed E-state index contributed by atoms with van der Waals surface area (Å²) in [6, 6.07) is 8.06. The van der Waals surface area contributed by atoms with Crippen LogP contribution in [0.1, 0.15) is 0 Å². The van der Waals surface area contributed by atoms with Gasteiger partial charge in [-0.15, -0.1) is 0 Å². The number of hydrogen-bond donors (Lipinski definition) is 1. The minimum atomic E-state index is -0.714. The van der Waals surface area contributed by atoms with Crippen molar-refractivity contribution in [2.45, 2.75) is 9.79 Å². The molecule has 0 aromatic heterocycles. The fourth-order valence-corrected chi connectivity index (χ4v) is 2.47. The topological polar surface area (TPSA) is 63.4 Å². The van der Waals surface area contributed by atoms with Crippen molar-refractivity contribution in [3.63, 3.8) is 0 Å². The molecule has 98 valence electrons. The maximum atomic E-state index is 13.4. The van der Waals surface area contributed by atoms with Crippen molar-refractivity contribution < 1.29 is 14.4 Å². The summed E-state index contributed by atoms with van der Waals surface area (Å²) in [5, 5.41) is 19.8. The van der Waals surface area contributed by atoms with E-state index in [-0.39, 0.29) is 21.4 Å². The van der Waals surface area contributed by atoms with Crippen LogP contribution in [0.4, 0.5) is 10.1 Å². The van der Waals surface area contributed by atoms with E-state index in [1.807, 2.05) is 0 Å². The van der Waals surface area contributed by atoms with E-state index in [1.54, 1.807) is 12.1 Å². The minimum Gasteiger partial charge on any atom is -0.508 e. The second kappa shape index (κ2) is 5.46. The number of halogens is 2. The molecule has 0 atom stereocenters. The number of nitrogens with zero attached hydrogens (tertiary/aromatic N) is 1. The predicted octanol–water partition coefficient (Wildman–Crippen LogP) is 4.24. The standard InChI is InChI=1S/C12H7ClFNO3S/c13-9-5-11(15(17)18)12(6-10(9)14)19-8-3-1-7(16)2-4-8/h1-6,16H. The Balaban J connectivity index is 2.41. The third-order valence-corrected chi connectivity index (χ3v) is 3.61. The summed E-state index contributed by atoms with van der Waals surface area (Å²) < 4.78 is 13.4. The van der Waals surface area contributed by atoms with Gasteiger partial charge in [-0.2, -0.15) is 0 Å². The molecule has 0 heterocycles. The van der Waals surface area contributed by atoms with Gasteiger partial charge in [0, 0.05) is 11.0 Å². The molecule has 0 fully saturated rings. The smallest absolute Gasteiger partial charge is 0.284 e. The Kier molecular flexibility index (Phi) is 3.92. The van der Waals surface area contributed by atoms with Crippen LogP contribution in [0, 0.1) is 15.9 Å². The van der Waals surface area contributed by atoms with Crippen LogP contribution in [0.3, 0.4) is 0 Å². The summed E-state index contributed by atoms with van der Waals surface area (Å²) >= 11 is 6.55. The molecular formula is C12H7ClFNO3S. The molecule has 2 aromatic carbocycles. The fraction of sp³-hybridized carbons (Fsp3) is 0. The summed E-state index contributed by atoms with van der Waals surface area (Å²) in [4.78, 5) is 11.1. The van der Waals surface area contributed by atoms with Gasteiger partial charge in [-0.25, -0.2) is 4.39 Å². The lowest BCUT2D eigenvalue weighted by Gasteiger charge is -2.04. The van der Waals surface area contributed by atoms with Gasteiger partial charge in [-0.3, -0.25) is 10.1 Å². The van der Waals surface area contributed by atoms with E-state index in [2.05, 4.69) is 0 Å². The molecule has 0 unspecified atom stereocenters. The Morgan fingerprint density at radius 1 is 1.26 bits per heavy atom. The SMILES string of the molecule is O=[N+]([O-])c1cc(Cl)c(F)cc1Sc1ccc(O)cc1. The van der Waals surface area contributed by atoms with E-state index < -0.39 is 10.7 Å². The quantitative estimate of drug-likeness (QED) is 0.680. The molecule has 19 heavy (non-hydrogen) atoms. The summed E-state index contributed by atoms with van der Waals surface area (Å²) in [7, 11) is 0. The third kappa shape index (κ3) is 3.15. The summed E-state index contributed by atoms with van der Waals surface area (Å²) in [6.45, 7) is 0. The van der Waals surface area contributed by atoms with Crippen LogP contribution < -0.4 is 0 Å². The van der Waals surface area contributed by atoms with Crippen molar-refractivity contribution in [3.8, 4) is 5.75 Å². The summed E-state index contributed by atoms with van der Waals surface area (Å²) in [6.07, 6.45) is 0. The van der Waals surface area contributed by atoms with Gasteiger partial charge in [0.25, 0.3) is 5.69 Å². The first-order valence-electron chi connectivity index (χ1n) is 5.07. The maximum Gasteiger partial charge on any atom is 0.284 e. The first-order chi connectivity index (χ1) is 8.97. The van der Waals surface area contributed by atoms with Gasteiger partial charge >= 0.3 is 0 Å². The average molecular weight is 300 g/mol. The normalized spacial score (nSPS) is 10.4. The molecule has 0 radical (unpaired) electrons. The monoisotopic (exact) mass is 299 g/mol.